The van der Waals surface area contributed by atoms with Crippen molar-refractivity contribution in [2.24, 2.45) is 0 Å². The van der Waals surface area contributed by atoms with Gasteiger partial charge in [0.25, 0.3) is 0 Å². The van der Waals surface area contributed by atoms with Crippen LogP contribution in [-0.2, 0) is 9.47 Å². The van der Waals surface area contributed by atoms with Crippen molar-refractivity contribution in [1.82, 2.24) is 5.32 Å². The fourth-order valence-electron chi connectivity index (χ4n) is 2.42. The number of nitrogens with one attached hydrogen (secondary N) is 1. The SMILES string of the molecule is CCCOCCNC1CC2CCC1O2. The summed E-state index contributed by atoms with van der Waals surface area (Å²) in [5.74, 6) is 0. The first-order valence-electron chi connectivity index (χ1n) is 5.86. The molecule has 3 heteroatoms. The lowest BCUT2D eigenvalue weighted by Gasteiger charge is -2.19. The molecular weight excluding hydrogens is 178 g/mol. The van der Waals surface area contributed by atoms with E-state index in [1.165, 1.54) is 19.3 Å². The van der Waals surface area contributed by atoms with Gasteiger partial charge in [-0.15, -0.1) is 0 Å². The third kappa shape index (κ3) is 2.47. The average molecular weight is 199 g/mol. The molecule has 3 unspecified atom stereocenters. The molecule has 0 aliphatic carbocycles. The summed E-state index contributed by atoms with van der Waals surface area (Å²) in [5, 5.41) is 3.52. The summed E-state index contributed by atoms with van der Waals surface area (Å²) >= 11 is 0. The maximum absolute atomic E-state index is 5.76. The maximum Gasteiger partial charge on any atom is 0.0733 e. The van der Waals surface area contributed by atoms with Gasteiger partial charge in [0.1, 0.15) is 0 Å². The van der Waals surface area contributed by atoms with E-state index in [0.717, 1.165) is 26.2 Å². The lowest BCUT2D eigenvalue weighted by molar-refractivity contribution is 0.0940. The number of hydrogen-bond acceptors (Lipinski definition) is 3. The second-order valence-corrected chi connectivity index (χ2v) is 4.28. The molecule has 1 N–H and O–H groups in total. The van der Waals surface area contributed by atoms with Crippen LogP contribution in [0.4, 0.5) is 0 Å². The van der Waals surface area contributed by atoms with E-state index in [9.17, 15) is 0 Å². The number of hydrogen-bond donors (Lipinski definition) is 1. The lowest BCUT2D eigenvalue weighted by atomic mass is 9.96. The van der Waals surface area contributed by atoms with Crippen LogP contribution in [0.2, 0.25) is 0 Å². The molecule has 2 heterocycles. The van der Waals surface area contributed by atoms with Crippen LogP contribution >= 0.6 is 0 Å². The topological polar surface area (TPSA) is 30.5 Å². The smallest absolute Gasteiger partial charge is 0.0733 e. The molecule has 2 aliphatic heterocycles. The van der Waals surface area contributed by atoms with Gasteiger partial charge < -0.3 is 14.8 Å². The highest BCUT2D eigenvalue weighted by atomic mass is 16.5. The Morgan fingerprint density at radius 3 is 2.93 bits per heavy atom. The Hall–Kier alpha value is -0.120. The van der Waals surface area contributed by atoms with E-state index in [4.69, 9.17) is 9.47 Å². The number of fused-ring (bicyclic) bond motifs is 2. The summed E-state index contributed by atoms with van der Waals surface area (Å²) in [6.07, 6.45) is 5.88. The predicted molar refractivity (Wildman–Crippen MR) is 55.4 cm³/mol. The largest absolute Gasteiger partial charge is 0.380 e. The van der Waals surface area contributed by atoms with Crippen molar-refractivity contribution < 1.29 is 9.47 Å². The summed E-state index contributed by atoms with van der Waals surface area (Å²) in [7, 11) is 0. The monoisotopic (exact) mass is 199 g/mol. The van der Waals surface area contributed by atoms with Gasteiger partial charge in [-0.25, -0.2) is 0 Å². The highest BCUT2D eigenvalue weighted by molar-refractivity contribution is 4.93. The molecule has 0 saturated carbocycles. The van der Waals surface area contributed by atoms with Crippen molar-refractivity contribution in [3.05, 3.63) is 0 Å². The van der Waals surface area contributed by atoms with E-state index in [1.54, 1.807) is 0 Å². The zero-order chi connectivity index (χ0) is 9.80. The van der Waals surface area contributed by atoms with E-state index in [1.807, 2.05) is 0 Å². The predicted octanol–water partition coefficient (Wildman–Crippen LogP) is 1.32. The molecule has 3 atom stereocenters. The molecule has 14 heavy (non-hydrogen) atoms. The minimum atomic E-state index is 0.492. The Balaban J connectivity index is 1.54. The summed E-state index contributed by atoms with van der Waals surface area (Å²) in [6.45, 7) is 4.82. The van der Waals surface area contributed by atoms with E-state index in [2.05, 4.69) is 12.2 Å². The Morgan fingerprint density at radius 2 is 2.29 bits per heavy atom. The summed E-state index contributed by atoms with van der Waals surface area (Å²) in [4.78, 5) is 0. The Kier molecular flexibility index (Phi) is 3.79. The van der Waals surface area contributed by atoms with Crippen molar-refractivity contribution in [2.75, 3.05) is 19.8 Å². The van der Waals surface area contributed by atoms with Crippen molar-refractivity contribution in [3.8, 4) is 0 Å². The molecule has 0 amide bonds. The molecule has 3 nitrogen and oxygen atoms in total. The van der Waals surface area contributed by atoms with E-state index in [0.29, 0.717) is 18.2 Å². The molecule has 2 fully saturated rings. The van der Waals surface area contributed by atoms with Crippen LogP contribution in [0.3, 0.4) is 0 Å². The van der Waals surface area contributed by atoms with Gasteiger partial charge in [-0.05, 0) is 25.7 Å². The number of rotatable bonds is 6. The third-order valence-electron chi connectivity index (χ3n) is 3.11. The molecule has 0 spiro atoms. The molecule has 0 aromatic carbocycles. The van der Waals surface area contributed by atoms with E-state index < -0.39 is 0 Å². The van der Waals surface area contributed by atoms with Gasteiger partial charge in [-0.3, -0.25) is 0 Å². The van der Waals surface area contributed by atoms with Gasteiger partial charge in [0, 0.05) is 19.2 Å². The van der Waals surface area contributed by atoms with Crippen LogP contribution < -0.4 is 5.32 Å². The third-order valence-corrected chi connectivity index (χ3v) is 3.11. The second kappa shape index (κ2) is 5.10. The quantitative estimate of drug-likeness (QED) is 0.654. The average Bonchev–Trinajstić information content (AvgIpc) is 2.79. The minimum absolute atomic E-state index is 0.492. The molecule has 82 valence electrons. The van der Waals surface area contributed by atoms with Crippen LogP contribution in [-0.4, -0.2) is 38.0 Å². The summed E-state index contributed by atoms with van der Waals surface area (Å²) in [6, 6.07) is 0.596. The van der Waals surface area contributed by atoms with Crippen LogP contribution in [0, 0.1) is 0 Å². The van der Waals surface area contributed by atoms with Crippen LogP contribution in [0.5, 0.6) is 0 Å². The van der Waals surface area contributed by atoms with Gasteiger partial charge >= 0.3 is 0 Å². The fourth-order valence-corrected chi connectivity index (χ4v) is 2.42. The summed E-state index contributed by atoms with van der Waals surface area (Å²) < 4.78 is 11.2. The van der Waals surface area contributed by atoms with Gasteiger partial charge in [0.2, 0.25) is 0 Å². The fraction of sp³-hybridized carbons (Fsp3) is 1.00. The highest BCUT2D eigenvalue weighted by Gasteiger charge is 2.40. The molecule has 0 aromatic rings. The van der Waals surface area contributed by atoms with Gasteiger partial charge in [-0.1, -0.05) is 6.92 Å². The molecule has 0 aromatic heterocycles. The van der Waals surface area contributed by atoms with Gasteiger partial charge in [-0.2, -0.15) is 0 Å². The molecule has 2 saturated heterocycles. The molecule has 0 radical (unpaired) electrons. The lowest BCUT2D eigenvalue weighted by Crippen LogP contribution is -2.39. The highest BCUT2D eigenvalue weighted by Crippen LogP contribution is 2.34. The first-order valence-corrected chi connectivity index (χ1v) is 5.86. The maximum atomic E-state index is 5.76. The normalized spacial score (nSPS) is 35.4. The zero-order valence-corrected chi connectivity index (χ0v) is 9.00. The standard InChI is InChI=1S/C11H21NO2/c1-2-6-13-7-5-12-10-8-9-3-4-11(10)14-9/h9-12H,2-8H2,1H3. The van der Waals surface area contributed by atoms with E-state index >= 15 is 0 Å². The van der Waals surface area contributed by atoms with Gasteiger partial charge in [0.15, 0.2) is 0 Å². The Bertz CT molecular complexity index is 175. The van der Waals surface area contributed by atoms with Crippen molar-refractivity contribution >= 4 is 0 Å². The first kappa shape index (κ1) is 10.4. The van der Waals surface area contributed by atoms with Crippen LogP contribution in [0.15, 0.2) is 0 Å². The zero-order valence-electron chi connectivity index (χ0n) is 9.00. The number of ether oxygens (including phenoxy) is 2. The first-order chi connectivity index (χ1) is 6.90. The molecule has 2 rings (SSSR count). The summed E-state index contributed by atoms with van der Waals surface area (Å²) in [5.41, 5.74) is 0. The Morgan fingerprint density at radius 1 is 1.36 bits per heavy atom. The molecule has 2 aliphatic rings. The Labute approximate surface area is 86.2 Å². The van der Waals surface area contributed by atoms with Crippen molar-refractivity contribution in [1.29, 1.82) is 0 Å². The van der Waals surface area contributed by atoms with Gasteiger partial charge in [0.05, 0.1) is 18.8 Å². The van der Waals surface area contributed by atoms with Crippen molar-refractivity contribution in [2.45, 2.75) is 50.9 Å². The second-order valence-electron chi connectivity index (χ2n) is 4.28. The van der Waals surface area contributed by atoms with Crippen molar-refractivity contribution in [3.63, 3.8) is 0 Å². The molecular formula is C11H21NO2. The van der Waals surface area contributed by atoms with Crippen LogP contribution in [0.25, 0.3) is 0 Å². The van der Waals surface area contributed by atoms with Crippen LogP contribution in [0.1, 0.15) is 32.6 Å². The molecule has 2 bridgehead atoms. The van der Waals surface area contributed by atoms with E-state index in [-0.39, 0.29) is 0 Å². The minimum Gasteiger partial charge on any atom is -0.380 e.